The number of unbranched alkanes of at least 4 members (excludes halogenated alkanes) is 1. The van der Waals surface area contributed by atoms with Crippen LogP contribution in [-0.2, 0) is 19.0 Å². The van der Waals surface area contributed by atoms with E-state index in [0.717, 1.165) is 63.4 Å². The predicted molar refractivity (Wildman–Crippen MR) is 120 cm³/mol. The molecule has 0 saturated carbocycles. The highest BCUT2D eigenvalue weighted by atomic mass is 16.6. The SMILES string of the molecule is CCC(O)CCC[C@H](O)[C@H]1CC[C@H]([C@H]2CC[C@H]([C@H](O)CCCCC3=C[C@H](C)OC3=O)O2)O1. The minimum absolute atomic E-state index is 0.0182. The molecule has 0 aromatic carbocycles. The fourth-order valence-electron chi connectivity index (χ4n) is 5.11. The van der Waals surface area contributed by atoms with Gasteiger partial charge in [0, 0.05) is 5.57 Å². The van der Waals surface area contributed by atoms with Crippen molar-refractivity contribution in [3.05, 3.63) is 11.6 Å². The second-order valence-electron chi connectivity index (χ2n) is 9.76. The summed E-state index contributed by atoms with van der Waals surface area (Å²) in [6.45, 7) is 3.82. The van der Waals surface area contributed by atoms with Crippen molar-refractivity contribution < 1.29 is 34.3 Å². The summed E-state index contributed by atoms with van der Waals surface area (Å²) < 4.78 is 17.4. The van der Waals surface area contributed by atoms with Crippen molar-refractivity contribution in [2.24, 2.45) is 0 Å². The Kier molecular flexibility index (Phi) is 9.98. The summed E-state index contributed by atoms with van der Waals surface area (Å²) in [4.78, 5) is 11.6. The number of esters is 1. The molecular weight excluding hydrogens is 412 g/mol. The van der Waals surface area contributed by atoms with Gasteiger partial charge in [0.05, 0.1) is 42.7 Å². The zero-order chi connectivity index (χ0) is 23.1. The predicted octanol–water partition coefficient (Wildman–Crippen LogP) is 3.18. The first kappa shape index (κ1) is 25.6. The van der Waals surface area contributed by atoms with Crippen LogP contribution in [0, 0.1) is 0 Å². The molecule has 0 spiro atoms. The summed E-state index contributed by atoms with van der Waals surface area (Å²) in [5.41, 5.74) is 0.751. The molecule has 0 bridgehead atoms. The molecule has 0 aromatic heterocycles. The number of ether oxygens (including phenoxy) is 3. The summed E-state index contributed by atoms with van der Waals surface area (Å²) in [5, 5.41) is 30.7. The highest BCUT2D eigenvalue weighted by Gasteiger charge is 2.40. The normalized spacial score (nSPS) is 33.2. The molecular formula is C25H42O7. The molecule has 2 saturated heterocycles. The fourth-order valence-corrected chi connectivity index (χ4v) is 5.11. The van der Waals surface area contributed by atoms with E-state index in [1.54, 1.807) is 0 Å². The topological polar surface area (TPSA) is 105 Å². The molecule has 7 heteroatoms. The largest absolute Gasteiger partial charge is 0.455 e. The highest BCUT2D eigenvalue weighted by Crippen LogP contribution is 2.34. The third-order valence-corrected chi connectivity index (χ3v) is 7.14. The van der Waals surface area contributed by atoms with Gasteiger partial charge in [-0.1, -0.05) is 13.3 Å². The Morgan fingerprint density at radius 3 is 2.03 bits per heavy atom. The van der Waals surface area contributed by atoms with Gasteiger partial charge < -0.3 is 29.5 Å². The second kappa shape index (κ2) is 12.5. The van der Waals surface area contributed by atoms with E-state index in [0.29, 0.717) is 19.3 Å². The Balaban J connectivity index is 1.31. The Morgan fingerprint density at radius 1 is 0.906 bits per heavy atom. The Hall–Kier alpha value is -0.990. The van der Waals surface area contributed by atoms with Crippen LogP contribution >= 0.6 is 0 Å². The first-order chi connectivity index (χ1) is 15.4. The number of hydrogen-bond acceptors (Lipinski definition) is 7. The van der Waals surface area contributed by atoms with Crippen molar-refractivity contribution in [1.82, 2.24) is 0 Å². The fraction of sp³-hybridized carbons (Fsp3) is 0.880. The molecule has 3 aliphatic rings. The van der Waals surface area contributed by atoms with Gasteiger partial charge in [0.2, 0.25) is 0 Å². The van der Waals surface area contributed by atoms with Gasteiger partial charge in [0.15, 0.2) is 0 Å². The molecule has 0 aromatic rings. The number of hydrogen-bond donors (Lipinski definition) is 3. The highest BCUT2D eigenvalue weighted by molar-refractivity contribution is 5.90. The molecule has 0 amide bonds. The van der Waals surface area contributed by atoms with Gasteiger partial charge in [-0.3, -0.25) is 0 Å². The van der Waals surface area contributed by atoms with Crippen molar-refractivity contribution in [3.8, 4) is 0 Å². The van der Waals surface area contributed by atoms with Gasteiger partial charge in [-0.25, -0.2) is 4.79 Å². The van der Waals surface area contributed by atoms with E-state index in [1.165, 1.54) is 0 Å². The third kappa shape index (κ3) is 7.26. The van der Waals surface area contributed by atoms with E-state index in [1.807, 2.05) is 19.9 Å². The van der Waals surface area contributed by atoms with Gasteiger partial charge >= 0.3 is 5.97 Å². The lowest BCUT2D eigenvalue weighted by Crippen LogP contribution is -2.33. The van der Waals surface area contributed by atoms with Crippen LogP contribution in [0.3, 0.4) is 0 Å². The Bertz CT molecular complexity index is 621. The molecule has 7 nitrogen and oxygen atoms in total. The maximum atomic E-state index is 11.6. The number of aliphatic hydroxyl groups is 3. The van der Waals surface area contributed by atoms with Crippen LogP contribution in [0.4, 0.5) is 0 Å². The minimum Gasteiger partial charge on any atom is -0.455 e. The zero-order valence-electron chi connectivity index (χ0n) is 19.7. The van der Waals surface area contributed by atoms with Crippen LogP contribution in [0.5, 0.6) is 0 Å². The molecule has 3 heterocycles. The molecule has 1 unspecified atom stereocenters. The van der Waals surface area contributed by atoms with Gasteiger partial charge in [-0.2, -0.15) is 0 Å². The summed E-state index contributed by atoms with van der Waals surface area (Å²) in [6.07, 6.45) is 9.44. The maximum absolute atomic E-state index is 11.6. The van der Waals surface area contributed by atoms with Crippen LogP contribution in [0.1, 0.15) is 90.9 Å². The first-order valence-corrected chi connectivity index (χ1v) is 12.6. The van der Waals surface area contributed by atoms with E-state index >= 15 is 0 Å². The smallest absolute Gasteiger partial charge is 0.334 e. The summed E-state index contributed by atoms with van der Waals surface area (Å²) in [7, 11) is 0. The molecule has 2 fully saturated rings. The summed E-state index contributed by atoms with van der Waals surface area (Å²) >= 11 is 0. The van der Waals surface area contributed by atoms with E-state index in [9.17, 15) is 20.1 Å². The quantitative estimate of drug-likeness (QED) is 0.290. The number of rotatable bonds is 13. The average molecular weight is 455 g/mol. The molecule has 0 radical (unpaired) electrons. The molecule has 3 N–H and O–H groups in total. The van der Waals surface area contributed by atoms with Crippen molar-refractivity contribution >= 4 is 5.97 Å². The Labute approximate surface area is 192 Å². The van der Waals surface area contributed by atoms with E-state index in [4.69, 9.17) is 14.2 Å². The molecule has 3 rings (SSSR count). The van der Waals surface area contributed by atoms with Crippen molar-refractivity contribution in [1.29, 1.82) is 0 Å². The molecule has 32 heavy (non-hydrogen) atoms. The van der Waals surface area contributed by atoms with E-state index in [-0.39, 0.29) is 42.6 Å². The van der Waals surface area contributed by atoms with Crippen LogP contribution in [0.25, 0.3) is 0 Å². The number of aliphatic hydroxyl groups excluding tert-OH is 3. The van der Waals surface area contributed by atoms with E-state index < -0.39 is 12.2 Å². The monoisotopic (exact) mass is 454 g/mol. The van der Waals surface area contributed by atoms with Crippen LogP contribution in [-0.4, -0.2) is 70.1 Å². The lowest BCUT2D eigenvalue weighted by atomic mass is 10.0. The summed E-state index contributed by atoms with van der Waals surface area (Å²) in [5.74, 6) is -0.210. The molecule has 3 aliphatic heterocycles. The zero-order valence-corrected chi connectivity index (χ0v) is 19.7. The second-order valence-corrected chi connectivity index (χ2v) is 9.76. The standard InChI is InChI=1S/C25H42O7/c1-3-18(26)8-6-10-20(28)22-12-14-24(32-22)23-13-11-21(31-23)19(27)9-5-4-7-17-15-16(2)30-25(17)29/h15-16,18-24,26-28H,3-14H2,1-2H3/t16-,18?,19+,20-,21+,22+,23+,24+/m0/s1. The lowest BCUT2D eigenvalue weighted by Gasteiger charge is -2.24. The maximum Gasteiger partial charge on any atom is 0.334 e. The van der Waals surface area contributed by atoms with Crippen molar-refractivity contribution in [2.45, 2.75) is 140 Å². The van der Waals surface area contributed by atoms with Gasteiger partial charge in [0.25, 0.3) is 0 Å². The first-order valence-electron chi connectivity index (χ1n) is 12.6. The van der Waals surface area contributed by atoms with Crippen molar-refractivity contribution in [3.63, 3.8) is 0 Å². The van der Waals surface area contributed by atoms with Crippen LogP contribution in [0.15, 0.2) is 11.6 Å². The van der Waals surface area contributed by atoms with Crippen molar-refractivity contribution in [2.75, 3.05) is 0 Å². The third-order valence-electron chi connectivity index (χ3n) is 7.14. The number of carbonyl (C=O) groups is 1. The molecule has 184 valence electrons. The lowest BCUT2D eigenvalue weighted by molar-refractivity contribution is -0.139. The molecule has 8 atom stereocenters. The number of carbonyl (C=O) groups excluding carboxylic acids is 1. The van der Waals surface area contributed by atoms with Crippen LogP contribution in [0.2, 0.25) is 0 Å². The minimum atomic E-state index is -0.504. The van der Waals surface area contributed by atoms with Gasteiger partial charge in [0.1, 0.15) is 6.10 Å². The average Bonchev–Trinajstić information content (AvgIpc) is 3.50. The number of cyclic esters (lactones) is 1. The van der Waals surface area contributed by atoms with Crippen LogP contribution < -0.4 is 0 Å². The van der Waals surface area contributed by atoms with Gasteiger partial charge in [-0.15, -0.1) is 0 Å². The Morgan fingerprint density at radius 2 is 1.50 bits per heavy atom. The molecule has 0 aliphatic carbocycles. The van der Waals surface area contributed by atoms with Gasteiger partial charge in [-0.05, 0) is 83.6 Å². The van der Waals surface area contributed by atoms with E-state index in [2.05, 4.69) is 0 Å². The summed E-state index contributed by atoms with van der Waals surface area (Å²) in [6, 6.07) is 0.